The van der Waals surface area contributed by atoms with Crippen molar-refractivity contribution < 1.29 is 19.1 Å². The number of hydrogen-bond donors (Lipinski definition) is 0. The van der Waals surface area contributed by atoms with Gasteiger partial charge in [-0.2, -0.15) is 0 Å². The first-order valence-electron chi connectivity index (χ1n) is 11.1. The number of thioether (sulfide) groups is 1. The van der Waals surface area contributed by atoms with E-state index in [0.717, 1.165) is 42.1 Å². The van der Waals surface area contributed by atoms with Gasteiger partial charge in [-0.05, 0) is 43.0 Å². The van der Waals surface area contributed by atoms with Crippen molar-refractivity contribution in [1.82, 2.24) is 9.88 Å². The average molecular weight is 454 g/mol. The first-order valence-corrected chi connectivity index (χ1v) is 12.0. The zero-order valence-corrected chi connectivity index (χ0v) is 19.2. The zero-order valence-electron chi connectivity index (χ0n) is 18.4. The van der Waals surface area contributed by atoms with Crippen molar-refractivity contribution in [3.8, 4) is 5.75 Å². The number of carbonyl (C=O) groups excluding carboxylic acids is 2. The van der Waals surface area contributed by atoms with Crippen LogP contribution in [-0.2, 0) is 9.53 Å². The van der Waals surface area contributed by atoms with Crippen LogP contribution in [0.1, 0.15) is 48.0 Å². The summed E-state index contributed by atoms with van der Waals surface area (Å²) in [6, 6.07) is 8.10. The third-order valence-electron chi connectivity index (χ3n) is 6.49. The molecule has 0 aliphatic carbocycles. The summed E-state index contributed by atoms with van der Waals surface area (Å²) in [6.45, 7) is 4.86. The maximum absolute atomic E-state index is 12.9. The molecular weight excluding hydrogens is 426 g/mol. The molecular formula is C24H27N3O4S. The molecule has 1 aromatic heterocycles. The molecule has 5 rings (SSSR count). The number of pyridine rings is 1. The molecule has 0 radical (unpaired) electrons. The number of piperidine rings is 1. The number of amides is 1. The minimum Gasteiger partial charge on any atom is -0.488 e. The van der Waals surface area contributed by atoms with Gasteiger partial charge in [-0.15, -0.1) is 11.8 Å². The zero-order chi connectivity index (χ0) is 22.2. The Hall–Kier alpha value is -2.74. The number of methoxy groups -OCH3 is 1. The normalized spacial score (nSPS) is 22.1. The molecule has 2 atom stereocenters. The number of nitrogens with zero attached hydrogens (tertiary/aromatic N) is 3. The first-order chi connectivity index (χ1) is 15.6. The largest absolute Gasteiger partial charge is 0.488 e. The van der Waals surface area contributed by atoms with Gasteiger partial charge in [-0.3, -0.25) is 9.59 Å². The highest BCUT2D eigenvalue weighted by atomic mass is 32.2. The number of rotatable bonds is 3. The molecule has 32 heavy (non-hydrogen) atoms. The van der Waals surface area contributed by atoms with Gasteiger partial charge in [0.2, 0.25) is 0 Å². The van der Waals surface area contributed by atoms with E-state index in [2.05, 4.69) is 35.0 Å². The van der Waals surface area contributed by atoms with Crippen LogP contribution in [0.4, 0.5) is 11.5 Å². The van der Waals surface area contributed by atoms with Crippen molar-refractivity contribution in [2.45, 2.75) is 42.2 Å². The van der Waals surface area contributed by atoms with Crippen LogP contribution in [0.15, 0.2) is 35.4 Å². The maximum Gasteiger partial charge on any atom is 0.319 e. The Morgan fingerprint density at radius 2 is 1.97 bits per heavy atom. The lowest BCUT2D eigenvalue weighted by Crippen LogP contribution is -2.36. The van der Waals surface area contributed by atoms with Gasteiger partial charge in [0.05, 0.1) is 19.2 Å². The monoisotopic (exact) mass is 453 g/mol. The molecule has 2 aromatic rings. The van der Waals surface area contributed by atoms with E-state index in [0.29, 0.717) is 30.3 Å². The van der Waals surface area contributed by atoms with Gasteiger partial charge in [0.1, 0.15) is 11.9 Å². The third kappa shape index (κ3) is 3.70. The van der Waals surface area contributed by atoms with Crippen LogP contribution in [0.25, 0.3) is 0 Å². The molecule has 0 N–H and O–H groups in total. The van der Waals surface area contributed by atoms with Crippen LogP contribution >= 0.6 is 11.8 Å². The highest BCUT2D eigenvalue weighted by Gasteiger charge is 2.36. The van der Waals surface area contributed by atoms with E-state index >= 15 is 0 Å². The van der Waals surface area contributed by atoms with Crippen LogP contribution in [0.2, 0.25) is 0 Å². The van der Waals surface area contributed by atoms with Crippen LogP contribution in [0.3, 0.4) is 0 Å². The number of fused-ring (bicyclic) bond motifs is 2. The number of carbonyl (C=O) groups is 2. The fraction of sp³-hybridized carbons (Fsp3) is 0.458. The summed E-state index contributed by atoms with van der Waals surface area (Å²) in [7, 11) is 1.44. The second-order valence-corrected chi connectivity index (χ2v) is 9.65. The highest BCUT2D eigenvalue weighted by Crippen LogP contribution is 2.48. The van der Waals surface area contributed by atoms with Gasteiger partial charge >= 0.3 is 5.97 Å². The van der Waals surface area contributed by atoms with E-state index < -0.39 is 0 Å². The highest BCUT2D eigenvalue weighted by molar-refractivity contribution is 8.01. The number of anilines is 2. The molecule has 0 bridgehead atoms. The Labute approximate surface area is 192 Å². The van der Waals surface area contributed by atoms with E-state index in [1.165, 1.54) is 13.5 Å². The van der Waals surface area contributed by atoms with Crippen LogP contribution in [-0.4, -0.2) is 60.4 Å². The predicted octanol–water partition coefficient (Wildman–Crippen LogP) is 3.99. The van der Waals surface area contributed by atoms with Crippen molar-refractivity contribution in [3.05, 3.63) is 41.6 Å². The molecule has 1 amide bonds. The van der Waals surface area contributed by atoms with Crippen molar-refractivity contribution in [2.75, 3.05) is 38.3 Å². The number of ether oxygens (including phenoxy) is 2. The van der Waals surface area contributed by atoms with Gasteiger partial charge < -0.3 is 19.3 Å². The Morgan fingerprint density at radius 3 is 2.75 bits per heavy atom. The number of benzene rings is 1. The summed E-state index contributed by atoms with van der Waals surface area (Å²) in [5, 5.41) is -0.219. The number of hydrogen-bond acceptors (Lipinski definition) is 7. The average Bonchev–Trinajstić information content (AvgIpc) is 3.18. The lowest BCUT2D eigenvalue weighted by atomic mass is 9.97. The van der Waals surface area contributed by atoms with Crippen molar-refractivity contribution >= 4 is 35.1 Å². The van der Waals surface area contributed by atoms with Crippen molar-refractivity contribution in [3.63, 3.8) is 0 Å². The molecule has 8 heteroatoms. The molecule has 3 aliphatic rings. The molecule has 1 aromatic carbocycles. The van der Waals surface area contributed by atoms with Crippen LogP contribution in [0.5, 0.6) is 5.75 Å². The topological polar surface area (TPSA) is 72.0 Å². The summed E-state index contributed by atoms with van der Waals surface area (Å²) in [6.07, 6.45) is 4.96. The summed E-state index contributed by atoms with van der Waals surface area (Å²) >= 11 is 1.56. The van der Waals surface area contributed by atoms with Crippen LogP contribution < -0.4 is 9.64 Å². The SMILES string of the molecule is COC(=O)C1Sc2cc(N3CCOc4cc(C(=O)N5CCCCC5)cnc43)ccc2C1C. The standard InChI is InChI=1S/C24H27N3O4S/c1-15-18-7-6-17(13-20(18)32-21(15)24(29)30-2)27-10-11-31-19-12-16(14-25-22(19)27)23(28)26-8-4-3-5-9-26/h6-7,12-15,21H,3-5,8-11H2,1-2H3. The Morgan fingerprint density at radius 1 is 1.16 bits per heavy atom. The molecule has 4 heterocycles. The molecule has 0 saturated carbocycles. The second-order valence-electron chi connectivity index (χ2n) is 8.47. The second kappa shape index (κ2) is 8.65. The minimum atomic E-state index is -0.219. The van der Waals surface area contributed by atoms with E-state index in [-0.39, 0.29) is 23.0 Å². The molecule has 3 aliphatic heterocycles. The van der Waals surface area contributed by atoms with Gasteiger partial charge in [0, 0.05) is 35.8 Å². The fourth-order valence-electron chi connectivity index (χ4n) is 4.69. The summed E-state index contributed by atoms with van der Waals surface area (Å²) in [5.41, 5.74) is 2.74. The smallest absolute Gasteiger partial charge is 0.319 e. The number of esters is 1. The van der Waals surface area contributed by atoms with Gasteiger partial charge in [-0.1, -0.05) is 13.0 Å². The van der Waals surface area contributed by atoms with E-state index in [4.69, 9.17) is 9.47 Å². The lowest BCUT2D eigenvalue weighted by Gasteiger charge is -2.31. The summed E-state index contributed by atoms with van der Waals surface area (Å²) in [4.78, 5) is 34.8. The van der Waals surface area contributed by atoms with Crippen LogP contribution in [0, 0.1) is 0 Å². The first kappa shape index (κ1) is 21.1. The third-order valence-corrected chi connectivity index (χ3v) is 7.95. The summed E-state index contributed by atoms with van der Waals surface area (Å²) in [5.74, 6) is 1.29. The molecule has 1 saturated heterocycles. The molecule has 2 unspecified atom stereocenters. The van der Waals surface area contributed by atoms with E-state index in [1.807, 2.05) is 11.0 Å². The van der Waals surface area contributed by atoms with E-state index in [1.54, 1.807) is 18.0 Å². The fourth-order valence-corrected chi connectivity index (χ4v) is 6.08. The van der Waals surface area contributed by atoms with Crippen molar-refractivity contribution in [1.29, 1.82) is 0 Å². The predicted molar refractivity (Wildman–Crippen MR) is 123 cm³/mol. The van der Waals surface area contributed by atoms with Gasteiger partial charge in [0.15, 0.2) is 11.6 Å². The molecule has 168 valence electrons. The van der Waals surface area contributed by atoms with Gasteiger partial charge in [0.25, 0.3) is 5.91 Å². The Balaban J connectivity index is 1.41. The molecule has 7 nitrogen and oxygen atoms in total. The Kier molecular flexibility index (Phi) is 5.71. The lowest BCUT2D eigenvalue weighted by molar-refractivity contribution is -0.140. The quantitative estimate of drug-likeness (QED) is 0.651. The van der Waals surface area contributed by atoms with Gasteiger partial charge in [-0.25, -0.2) is 4.98 Å². The number of likely N-dealkylation sites (tertiary alicyclic amines) is 1. The van der Waals surface area contributed by atoms with E-state index in [9.17, 15) is 9.59 Å². The Bertz CT molecular complexity index is 1050. The maximum atomic E-state index is 12.9. The molecule has 0 spiro atoms. The number of aromatic nitrogens is 1. The molecule has 1 fully saturated rings. The van der Waals surface area contributed by atoms with Crippen molar-refractivity contribution in [2.24, 2.45) is 0 Å². The minimum absolute atomic E-state index is 0.0255. The summed E-state index contributed by atoms with van der Waals surface area (Å²) < 4.78 is 10.9.